The number of carbonyl (C=O) groups is 1. The molecule has 186 valence electrons. The fourth-order valence-corrected chi connectivity index (χ4v) is 4.98. The van der Waals surface area contributed by atoms with Gasteiger partial charge in [0.2, 0.25) is 0 Å². The first-order valence-electron chi connectivity index (χ1n) is 12.1. The van der Waals surface area contributed by atoms with E-state index in [1.165, 1.54) is 5.56 Å². The van der Waals surface area contributed by atoms with Crippen molar-refractivity contribution in [3.05, 3.63) is 59.3 Å². The molecule has 0 fully saturated rings. The Morgan fingerprint density at radius 1 is 1.17 bits per heavy atom. The molecule has 0 amide bonds. The third kappa shape index (κ3) is 4.13. The van der Waals surface area contributed by atoms with Gasteiger partial charge in [0.1, 0.15) is 11.6 Å². The zero-order valence-corrected chi connectivity index (χ0v) is 21.5. The molecule has 0 spiro atoms. The minimum absolute atomic E-state index is 0.614. The van der Waals surface area contributed by atoms with Gasteiger partial charge in [-0.25, -0.2) is 9.78 Å². The SMILES string of the molecule is Cc1cc2nc(N(C)C)ccc2c(-c2ccc3c4c(ccnc24)CCO3)c1[C@H](OC(C)(C)C)C(=O)O. The van der Waals surface area contributed by atoms with Gasteiger partial charge in [0.25, 0.3) is 0 Å². The number of ether oxygens (including phenoxy) is 2. The predicted octanol–water partition coefficient (Wildman–Crippen LogP) is 5.70. The molecular weight excluding hydrogens is 454 g/mol. The van der Waals surface area contributed by atoms with E-state index in [0.29, 0.717) is 12.2 Å². The lowest BCUT2D eigenvalue weighted by molar-refractivity contribution is -0.160. The van der Waals surface area contributed by atoms with Gasteiger partial charge in [0.15, 0.2) is 6.10 Å². The van der Waals surface area contributed by atoms with Crippen molar-refractivity contribution >= 4 is 33.6 Å². The molecule has 0 saturated heterocycles. The molecule has 0 bridgehead atoms. The number of hydrogen-bond donors (Lipinski definition) is 1. The first kappa shape index (κ1) is 24.0. The first-order chi connectivity index (χ1) is 17.0. The Bertz CT molecular complexity index is 1490. The number of benzene rings is 2. The van der Waals surface area contributed by atoms with Crippen LogP contribution < -0.4 is 9.64 Å². The summed E-state index contributed by atoms with van der Waals surface area (Å²) in [5.74, 6) is 0.589. The average molecular weight is 486 g/mol. The van der Waals surface area contributed by atoms with E-state index >= 15 is 0 Å². The van der Waals surface area contributed by atoms with Crippen LogP contribution in [0.5, 0.6) is 5.75 Å². The number of carboxylic acids is 1. The van der Waals surface area contributed by atoms with Gasteiger partial charge in [0, 0.05) is 48.6 Å². The van der Waals surface area contributed by atoms with Crippen molar-refractivity contribution in [3.8, 4) is 16.9 Å². The normalized spacial score (nSPS) is 14.1. The van der Waals surface area contributed by atoms with Crippen LogP contribution >= 0.6 is 0 Å². The van der Waals surface area contributed by atoms with Gasteiger partial charge < -0.3 is 19.5 Å². The number of aryl methyl sites for hydroxylation is 1. The summed E-state index contributed by atoms with van der Waals surface area (Å²) >= 11 is 0. The van der Waals surface area contributed by atoms with Crippen molar-refractivity contribution < 1.29 is 19.4 Å². The standard InChI is InChI=1S/C29H31N3O4/c1-16-15-20-18(8-10-22(31-20)32(5)6)25(23(16)27(28(33)34)36-29(2,3)4)19-7-9-21-24-17(12-14-35-21)11-13-30-26(19)24/h7-11,13,15,27H,12,14H2,1-6H3,(H,33,34)/t27-/m0/s1. The molecule has 0 saturated carbocycles. The van der Waals surface area contributed by atoms with E-state index in [4.69, 9.17) is 19.4 Å². The molecule has 36 heavy (non-hydrogen) atoms. The van der Waals surface area contributed by atoms with Crippen LogP contribution in [0, 0.1) is 6.92 Å². The van der Waals surface area contributed by atoms with Crippen LogP contribution in [0.25, 0.3) is 32.9 Å². The number of fused-ring (bicyclic) bond motifs is 1. The lowest BCUT2D eigenvalue weighted by Gasteiger charge is -2.29. The zero-order chi connectivity index (χ0) is 25.8. The van der Waals surface area contributed by atoms with Gasteiger partial charge in [0.05, 0.1) is 23.2 Å². The van der Waals surface area contributed by atoms with Crippen molar-refractivity contribution in [2.24, 2.45) is 0 Å². The largest absolute Gasteiger partial charge is 0.493 e. The molecule has 1 N–H and O–H groups in total. The van der Waals surface area contributed by atoms with E-state index in [0.717, 1.165) is 56.5 Å². The number of carboxylic acid groups (broad SMARTS) is 1. The molecule has 4 aromatic rings. The number of aromatic nitrogens is 2. The van der Waals surface area contributed by atoms with E-state index in [2.05, 4.69) is 0 Å². The van der Waals surface area contributed by atoms with Gasteiger partial charge in [-0.2, -0.15) is 0 Å². The van der Waals surface area contributed by atoms with E-state index in [-0.39, 0.29) is 0 Å². The van der Waals surface area contributed by atoms with Gasteiger partial charge >= 0.3 is 5.97 Å². The lowest BCUT2D eigenvalue weighted by atomic mass is 9.86. The fourth-order valence-electron chi connectivity index (χ4n) is 4.98. The highest BCUT2D eigenvalue weighted by atomic mass is 16.5. The number of hydrogen-bond acceptors (Lipinski definition) is 6. The van der Waals surface area contributed by atoms with Crippen LogP contribution in [0.15, 0.2) is 42.6 Å². The van der Waals surface area contributed by atoms with E-state index in [1.807, 2.05) is 89.3 Å². The molecule has 5 rings (SSSR count). The van der Waals surface area contributed by atoms with Crippen molar-refractivity contribution in [1.82, 2.24) is 9.97 Å². The minimum Gasteiger partial charge on any atom is -0.493 e. The van der Waals surface area contributed by atoms with Gasteiger partial charge in [-0.05, 0) is 80.8 Å². The number of nitrogens with zero attached hydrogens (tertiary/aromatic N) is 3. The second-order valence-corrected chi connectivity index (χ2v) is 10.5. The van der Waals surface area contributed by atoms with E-state index in [1.54, 1.807) is 0 Å². The highest BCUT2D eigenvalue weighted by Crippen LogP contribution is 2.45. The monoisotopic (exact) mass is 485 g/mol. The van der Waals surface area contributed by atoms with Crippen molar-refractivity contribution in [2.75, 3.05) is 25.6 Å². The summed E-state index contributed by atoms with van der Waals surface area (Å²) in [6.45, 7) is 8.15. The Morgan fingerprint density at radius 3 is 2.64 bits per heavy atom. The van der Waals surface area contributed by atoms with E-state index < -0.39 is 17.7 Å². The van der Waals surface area contributed by atoms with Crippen molar-refractivity contribution in [2.45, 2.75) is 45.8 Å². The lowest BCUT2D eigenvalue weighted by Crippen LogP contribution is -2.28. The maximum Gasteiger partial charge on any atom is 0.337 e. The summed E-state index contributed by atoms with van der Waals surface area (Å²) in [4.78, 5) is 24.2. The van der Waals surface area contributed by atoms with Gasteiger partial charge in [-0.1, -0.05) is 0 Å². The second kappa shape index (κ2) is 8.75. The minimum atomic E-state index is -1.17. The smallest absolute Gasteiger partial charge is 0.337 e. The highest BCUT2D eigenvalue weighted by molar-refractivity contribution is 6.08. The van der Waals surface area contributed by atoms with Crippen LogP contribution in [-0.2, 0) is 16.0 Å². The highest BCUT2D eigenvalue weighted by Gasteiger charge is 2.33. The van der Waals surface area contributed by atoms with Crippen molar-refractivity contribution in [3.63, 3.8) is 0 Å². The average Bonchev–Trinajstić information content (AvgIpc) is 2.81. The van der Waals surface area contributed by atoms with Crippen LogP contribution in [0.2, 0.25) is 0 Å². The molecule has 7 heteroatoms. The van der Waals surface area contributed by atoms with Crippen LogP contribution in [0.1, 0.15) is 43.6 Å². The Hall–Kier alpha value is -3.71. The molecule has 1 atom stereocenters. The third-order valence-corrected chi connectivity index (χ3v) is 6.48. The summed E-state index contributed by atoms with van der Waals surface area (Å²) < 4.78 is 12.1. The maximum atomic E-state index is 12.6. The summed E-state index contributed by atoms with van der Waals surface area (Å²) in [7, 11) is 3.90. The molecule has 2 aromatic carbocycles. The quantitative estimate of drug-likeness (QED) is 0.388. The van der Waals surface area contributed by atoms with E-state index in [9.17, 15) is 9.90 Å². The van der Waals surface area contributed by atoms with Crippen LogP contribution in [0.3, 0.4) is 0 Å². The van der Waals surface area contributed by atoms with Gasteiger partial charge in [-0.3, -0.25) is 4.98 Å². The molecule has 0 unspecified atom stereocenters. The topological polar surface area (TPSA) is 84.8 Å². The predicted molar refractivity (Wildman–Crippen MR) is 142 cm³/mol. The van der Waals surface area contributed by atoms with Crippen LogP contribution in [-0.4, -0.2) is 47.3 Å². The summed E-state index contributed by atoms with van der Waals surface area (Å²) in [6.07, 6.45) is 1.45. The summed E-state index contributed by atoms with van der Waals surface area (Å²) in [5.41, 5.74) is 5.12. The zero-order valence-electron chi connectivity index (χ0n) is 21.5. The fraction of sp³-hybridized carbons (Fsp3) is 0.345. The summed E-state index contributed by atoms with van der Waals surface area (Å²) in [5, 5.41) is 12.2. The number of rotatable bonds is 5. The number of pyridine rings is 2. The first-order valence-corrected chi connectivity index (χ1v) is 12.1. The molecule has 0 aliphatic carbocycles. The molecule has 7 nitrogen and oxygen atoms in total. The maximum absolute atomic E-state index is 12.6. The van der Waals surface area contributed by atoms with Crippen LogP contribution in [0.4, 0.5) is 5.82 Å². The molecule has 3 heterocycles. The van der Waals surface area contributed by atoms with Crippen molar-refractivity contribution in [1.29, 1.82) is 0 Å². The summed E-state index contributed by atoms with van der Waals surface area (Å²) in [6, 6.07) is 11.9. The molecule has 1 aliphatic heterocycles. The second-order valence-electron chi connectivity index (χ2n) is 10.5. The van der Waals surface area contributed by atoms with Gasteiger partial charge in [-0.15, -0.1) is 0 Å². The third-order valence-electron chi connectivity index (χ3n) is 6.48. The number of anilines is 1. The molecule has 2 aromatic heterocycles. The molecular formula is C29H31N3O4. The molecule has 0 radical (unpaired) electrons. The Labute approximate surface area is 210 Å². The number of aliphatic carboxylic acids is 1. The Morgan fingerprint density at radius 2 is 1.94 bits per heavy atom. The molecule has 1 aliphatic rings. The Kier molecular flexibility index (Phi) is 5.83. The Balaban J connectivity index is 1.91.